The minimum Gasteiger partial charge on any atom is -0.378 e. The van der Waals surface area contributed by atoms with Gasteiger partial charge in [0.05, 0.1) is 36.8 Å². The molecule has 1 aromatic carbocycles. The Morgan fingerprint density at radius 1 is 1.23 bits per heavy atom. The molecule has 1 aliphatic rings. The van der Waals surface area contributed by atoms with Gasteiger partial charge in [-0.15, -0.1) is 0 Å². The van der Waals surface area contributed by atoms with Crippen molar-refractivity contribution in [1.29, 1.82) is 0 Å². The topological polar surface area (TPSA) is 94.7 Å². The minimum absolute atomic E-state index is 0.363. The van der Waals surface area contributed by atoms with Crippen molar-refractivity contribution in [1.82, 2.24) is 14.6 Å². The molecule has 0 saturated carbocycles. The van der Waals surface area contributed by atoms with Crippen molar-refractivity contribution in [3.8, 4) is 11.3 Å². The zero-order valence-electron chi connectivity index (χ0n) is 14.5. The summed E-state index contributed by atoms with van der Waals surface area (Å²) in [4.78, 5) is 6.56. The van der Waals surface area contributed by atoms with Crippen molar-refractivity contribution in [2.45, 2.75) is 13.1 Å². The SMILES string of the molecule is Cc1c(C(N)N)ccc(-c2ncnn3cc(N4CCOCC4)cc23)c1F. The average molecular weight is 356 g/mol. The molecule has 1 saturated heterocycles. The van der Waals surface area contributed by atoms with Crippen LogP contribution >= 0.6 is 0 Å². The average Bonchev–Trinajstić information content (AvgIpc) is 3.09. The quantitative estimate of drug-likeness (QED) is 0.692. The maximum absolute atomic E-state index is 15.0. The molecule has 7 nitrogen and oxygen atoms in total. The summed E-state index contributed by atoms with van der Waals surface area (Å²) in [7, 11) is 0. The maximum atomic E-state index is 15.0. The molecule has 3 aromatic rings. The zero-order valence-corrected chi connectivity index (χ0v) is 14.5. The van der Waals surface area contributed by atoms with Crippen LogP contribution in [0.3, 0.4) is 0 Å². The van der Waals surface area contributed by atoms with E-state index in [0.717, 1.165) is 24.3 Å². The molecule has 8 heteroatoms. The van der Waals surface area contributed by atoms with E-state index >= 15 is 0 Å². The van der Waals surface area contributed by atoms with Crippen LogP contribution in [-0.4, -0.2) is 40.9 Å². The second-order valence-corrected chi connectivity index (χ2v) is 6.40. The molecule has 26 heavy (non-hydrogen) atoms. The third-order valence-electron chi connectivity index (χ3n) is 4.81. The fourth-order valence-corrected chi connectivity index (χ4v) is 3.36. The second-order valence-electron chi connectivity index (χ2n) is 6.40. The van der Waals surface area contributed by atoms with Gasteiger partial charge in [-0.2, -0.15) is 5.10 Å². The first-order valence-corrected chi connectivity index (χ1v) is 8.53. The monoisotopic (exact) mass is 356 g/mol. The molecule has 0 aliphatic carbocycles. The Labute approximate surface area is 150 Å². The third-order valence-corrected chi connectivity index (χ3v) is 4.81. The summed E-state index contributed by atoms with van der Waals surface area (Å²) in [6, 6.07) is 5.41. The number of halogens is 1. The molecular formula is C18H21FN6O. The smallest absolute Gasteiger partial charge is 0.137 e. The van der Waals surface area contributed by atoms with E-state index in [2.05, 4.69) is 15.0 Å². The van der Waals surface area contributed by atoms with Gasteiger partial charge in [-0.3, -0.25) is 0 Å². The molecule has 4 rings (SSSR count). The van der Waals surface area contributed by atoms with E-state index in [1.165, 1.54) is 6.33 Å². The first kappa shape index (κ1) is 16.9. The van der Waals surface area contributed by atoms with Gasteiger partial charge in [0.15, 0.2) is 0 Å². The molecule has 1 aliphatic heterocycles. The number of hydrogen-bond donors (Lipinski definition) is 2. The predicted octanol–water partition coefficient (Wildman–Crippen LogP) is 1.60. The Morgan fingerprint density at radius 3 is 2.73 bits per heavy atom. The van der Waals surface area contributed by atoms with Crippen molar-refractivity contribution >= 4 is 11.2 Å². The highest BCUT2D eigenvalue weighted by Crippen LogP contribution is 2.31. The number of morpholine rings is 1. The Morgan fingerprint density at radius 2 is 2.00 bits per heavy atom. The molecule has 0 bridgehead atoms. The summed E-state index contributed by atoms with van der Waals surface area (Å²) in [5.74, 6) is -0.363. The van der Waals surface area contributed by atoms with Crippen LogP contribution in [0.5, 0.6) is 0 Å². The van der Waals surface area contributed by atoms with E-state index in [0.29, 0.717) is 35.6 Å². The van der Waals surface area contributed by atoms with E-state index < -0.39 is 6.17 Å². The normalized spacial score (nSPS) is 15.2. The molecular weight excluding hydrogens is 335 g/mol. The Hall–Kier alpha value is -2.55. The molecule has 136 valence electrons. The molecule has 2 aromatic heterocycles. The van der Waals surface area contributed by atoms with Crippen LogP contribution in [0.4, 0.5) is 10.1 Å². The number of aromatic nitrogens is 3. The van der Waals surface area contributed by atoms with E-state index in [1.54, 1.807) is 23.6 Å². The summed E-state index contributed by atoms with van der Waals surface area (Å²) < 4.78 is 22.1. The summed E-state index contributed by atoms with van der Waals surface area (Å²) in [5, 5.41) is 4.27. The Kier molecular flexibility index (Phi) is 4.31. The number of nitrogens with zero attached hydrogens (tertiary/aromatic N) is 4. The minimum atomic E-state index is -0.717. The van der Waals surface area contributed by atoms with Crippen molar-refractivity contribution < 1.29 is 9.13 Å². The number of nitrogens with two attached hydrogens (primary N) is 2. The number of anilines is 1. The van der Waals surface area contributed by atoms with E-state index in [4.69, 9.17) is 16.2 Å². The summed E-state index contributed by atoms with van der Waals surface area (Å²) in [6.45, 7) is 4.70. The van der Waals surface area contributed by atoms with Crippen LogP contribution < -0.4 is 16.4 Å². The van der Waals surface area contributed by atoms with Gasteiger partial charge in [0, 0.05) is 18.7 Å². The number of benzene rings is 1. The molecule has 0 unspecified atom stereocenters. The van der Waals surface area contributed by atoms with Crippen molar-refractivity contribution in [2.24, 2.45) is 11.5 Å². The summed E-state index contributed by atoms with van der Waals surface area (Å²) >= 11 is 0. The highest BCUT2D eigenvalue weighted by Gasteiger charge is 2.19. The van der Waals surface area contributed by atoms with Gasteiger partial charge in [-0.25, -0.2) is 13.9 Å². The van der Waals surface area contributed by atoms with Crippen LogP contribution in [0.25, 0.3) is 16.8 Å². The van der Waals surface area contributed by atoms with Crippen LogP contribution in [0.15, 0.2) is 30.7 Å². The summed E-state index contributed by atoms with van der Waals surface area (Å²) in [5.41, 5.74) is 15.2. The standard InChI is InChI=1S/C18H21FN6O/c1-11-13(18(20)21)2-3-14(16(11)19)17-15-8-12(9-25(15)23-10-22-17)24-4-6-26-7-5-24/h2-3,8-10,18H,4-7,20-21H2,1H3. The van der Waals surface area contributed by atoms with Crippen molar-refractivity contribution in [2.75, 3.05) is 31.2 Å². The Balaban J connectivity index is 1.82. The van der Waals surface area contributed by atoms with Crippen LogP contribution in [0.1, 0.15) is 17.3 Å². The van der Waals surface area contributed by atoms with Gasteiger partial charge >= 0.3 is 0 Å². The maximum Gasteiger partial charge on any atom is 0.137 e. The number of rotatable bonds is 3. The lowest BCUT2D eigenvalue weighted by Crippen LogP contribution is -2.35. The van der Waals surface area contributed by atoms with Gasteiger partial charge in [0.2, 0.25) is 0 Å². The van der Waals surface area contributed by atoms with E-state index in [1.807, 2.05) is 12.3 Å². The van der Waals surface area contributed by atoms with Crippen molar-refractivity contribution in [3.63, 3.8) is 0 Å². The highest BCUT2D eigenvalue weighted by atomic mass is 19.1. The molecule has 0 atom stereocenters. The van der Waals surface area contributed by atoms with Crippen LogP contribution in [0, 0.1) is 12.7 Å². The molecule has 0 radical (unpaired) electrons. The number of hydrogen-bond acceptors (Lipinski definition) is 6. The van der Waals surface area contributed by atoms with Gasteiger partial charge in [-0.05, 0) is 30.2 Å². The van der Waals surface area contributed by atoms with Crippen molar-refractivity contribution in [3.05, 3.63) is 47.7 Å². The second kappa shape index (κ2) is 6.64. The molecule has 3 heterocycles. The number of ether oxygens (including phenoxy) is 1. The lowest BCUT2D eigenvalue weighted by atomic mass is 10.00. The molecule has 4 N–H and O–H groups in total. The molecule has 1 fully saturated rings. The molecule has 0 amide bonds. The van der Waals surface area contributed by atoms with Gasteiger partial charge in [-0.1, -0.05) is 6.07 Å². The van der Waals surface area contributed by atoms with Gasteiger partial charge < -0.3 is 21.1 Å². The van der Waals surface area contributed by atoms with Gasteiger partial charge in [0.25, 0.3) is 0 Å². The molecule has 0 spiro atoms. The first-order valence-electron chi connectivity index (χ1n) is 8.53. The first-order chi connectivity index (χ1) is 12.6. The number of fused-ring (bicyclic) bond motifs is 1. The lowest BCUT2D eigenvalue weighted by molar-refractivity contribution is 0.122. The highest BCUT2D eigenvalue weighted by molar-refractivity contribution is 5.80. The lowest BCUT2D eigenvalue weighted by Gasteiger charge is -2.27. The fourth-order valence-electron chi connectivity index (χ4n) is 3.36. The zero-order chi connectivity index (χ0) is 18.3. The van der Waals surface area contributed by atoms with Crippen LogP contribution in [-0.2, 0) is 4.74 Å². The van der Waals surface area contributed by atoms with E-state index in [-0.39, 0.29) is 5.82 Å². The van der Waals surface area contributed by atoms with Crippen LogP contribution in [0.2, 0.25) is 0 Å². The predicted molar refractivity (Wildman–Crippen MR) is 97.3 cm³/mol. The Bertz CT molecular complexity index is 948. The van der Waals surface area contributed by atoms with Gasteiger partial charge in [0.1, 0.15) is 17.8 Å². The van der Waals surface area contributed by atoms with E-state index in [9.17, 15) is 4.39 Å². The largest absolute Gasteiger partial charge is 0.378 e. The fraction of sp³-hybridized carbons (Fsp3) is 0.333. The summed E-state index contributed by atoms with van der Waals surface area (Å²) in [6.07, 6.45) is 2.65. The third kappa shape index (κ3) is 2.82.